The zero-order valence-corrected chi connectivity index (χ0v) is 13.0. The minimum absolute atomic E-state index is 0.0855. The van der Waals surface area contributed by atoms with Crippen LogP contribution in [0.15, 0.2) is 29.2 Å². The summed E-state index contributed by atoms with van der Waals surface area (Å²) in [5.41, 5.74) is 2.79. The van der Waals surface area contributed by atoms with Crippen molar-refractivity contribution in [3.63, 3.8) is 0 Å². The average Bonchev–Trinajstić information content (AvgIpc) is 2.98. The van der Waals surface area contributed by atoms with E-state index in [2.05, 4.69) is 5.48 Å². The van der Waals surface area contributed by atoms with E-state index >= 15 is 0 Å². The molecule has 1 aliphatic rings. The van der Waals surface area contributed by atoms with Crippen molar-refractivity contribution in [3.05, 3.63) is 29.8 Å². The summed E-state index contributed by atoms with van der Waals surface area (Å²) in [5.74, 6) is -0.365. The molecule has 1 fully saturated rings. The normalized spacial score (nSPS) is 16.3. The number of benzene rings is 1. The van der Waals surface area contributed by atoms with Crippen LogP contribution in [0.2, 0.25) is 0 Å². The Kier molecular flexibility index (Phi) is 4.97. The van der Waals surface area contributed by atoms with Crippen molar-refractivity contribution in [2.45, 2.75) is 36.7 Å². The van der Waals surface area contributed by atoms with E-state index in [0.717, 1.165) is 30.0 Å². The van der Waals surface area contributed by atoms with Gasteiger partial charge in [-0.3, -0.25) is 9.63 Å². The first-order chi connectivity index (χ1) is 9.91. The van der Waals surface area contributed by atoms with E-state index < -0.39 is 10.0 Å². The molecule has 1 N–H and O–H groups in total. The second kappa shape index (κ2) is 6.55. The van der Waals surface area contributed by atoms with Crippen LogP contribution in [0, 0.1) is 0 Å². The standard InChI is InChI=1S/C14H20N2O4S/c1-16(2)21(18,19)13-9-7-11(8-10-13)14(17)15-20-12-5-3-4-6-12/h7-10,12H,3-6H2,1-2H3,(H,15,17). The highest BCUT2D eigenvalue weighted by Crippen LogP contribution is 2.20. The van der Waals surface area contributed by atoms with Gasteiger partial charge in [0.15, 0.2) is 0 Å². The van der Waals surface area contributed by atoms with Gasteiger partial charge in [-0.1, -0.05) is 12.8 Å². The number of hydrogen-bond donors (Lipinski definition) is 1. The summed E-state index contributed by atoms with van der Waals surface area (Å²) >= 11 is 0. The average molecular weight is 312 g/mol. The Morgan fingerprint density at radius 1 is 1.19 bits per heavy atom. The number of sulfonamides is 1. The lowest BCUT2D eigenvalue weighted by Crippen LogP contribution is -2.28. The predicted molar refractivity (Wildman–Crippen MR) is 78.1 cm³/mol. The second-order valence-corrected chi connectivity index (χ2v) is 7.42. The molecular formula is C14H20N2O4S. The predicted octanol–water partition coefficient (Wildman–Crippen LogP) is 1.54. The van der Waals surface area contributed by atoms with Gasteiger partial charge in [0, 0.05) is 19.7 Å². The van der Waals surface area contributed by atoms with E-state index in [1.54, 1.807) is 0 Å². The van der Waals surface area contributed by atoms with Crippen molar-refractivity contribution in [2.24, 2.45) is 0 Å². The molecule has 0 heterocycles. The summed E-state index contributed by atoms with van der Waals surface area (Å²) in [6.07, 6.45) is 4.25. The summed E-state index contributed by atoms with van der Waals surface area (Å²) in [5, 5.41) is 0. The Labute approximate surface area is 125 Å². The van der Waals surface area contributed by atoms with Crippen LogP contribution in [0.4, 0.5) is 0 Å². The molecule has 0 aromatic heterocycles. The molecular weight excluding hydrogens is 292 g/mol. The van der Waals surface area contributed by atoms with Gasteiger partial charge in [0.25, 0.3) is 5.91 Å². The minimum Gasteiger partial charge on any atom is -0.270 e. The third-order valence-electron chi connectivity index (χ3n) is 3.52. The summed E-state index contributed by atoms with van der Waals surface area (Å²) in [7, 11) is -0.547. The fourth-order valence-electron chi connectivity index (χ4n) is 2.19. The van der Waals surface area contributed by atoms with Crippen LogP contribution >= 0.6 is 0 Å². The molecule has 1 aromatic carbocycles. The van der Waals surface area contributed by atoms with Gasteiger partial charge in [0.2, 0.25) is 10.0 Å². The number of amides is 1. The molecule has 0 spiro atoms. The fourth-order valence-corrected chi connectivity index (χ4v) is 3.09. The molecule has 7 heteroatoms. The monoisotopic (exact) mass is 312 g/mol. The minimum atomic E-state index is -3.47. The molecule has 1 amide bonds. The smallest absolute Gasteiger partial charge is 0.270 e. The Bertz CT molecular complexity index is 590. The summed E-state index contributed by atoms with van der Waals surface area (Å²) in [4.78, 5) is 17.4. The van der Waals surface area contributed by atoms with E-state index in [9.17, 15) is 13.2 Å². The molecule has 1 aliphatic carbocycles. The maximum absolute atomic E-state index is 11.9. The van der Waals surface area contributed by atoms with Crippen molar-refractivity contribution < 1.29 is 18.0 Å². The molecule has 0 radical (unpaired) electrons. The van der Waals surface area contributed by atoms with Crippen LogP contribution < -0.4 is 5.48 Å². The first-order valence-corrected chi connectivity index (χ1v) is 8.34. The Morgan fingerprint density at radius 3 is 2.29 bits per heavy atom. The highest BCUT2D eigenvalue weighted by molar-refractivity contribution is 7.89. The topological polar surface area (TPSA) is 75.7 Å². The lowest BCUT2D eigenvalue weighted by atomic mass is 10.2. The maximum Gasteiger partial charge on any atom is 0.274 e. The van der Waals surface area contributed by atoms with Crippen LogP contribution in [-0.2, 0) is 14.9 Å². The van der Waals surface area contributed by atoms with E-state index in [0.29, 0.717) is 5.56 Å². The van der Waals surface area contributed by atoms with E-state index in [1.165, 1.54) is 38.4 Å². The zero-order chi connectivity index (χ0) is 15.5. The first-order valence-electron chi connectivity index (χ1n) is 6.90. The molecule has 2 rings (SSSR count). The highest BCUT2D eigenvalue weighted by Gasteiger charge is 2.19. The number of rotatable bonds is 5. The van der Waals surface area contributed by atoms with Gasteiger partial charge in [-0.25, -0.2) is 18.2 Å². The third-order valence-corrected chi connectivity index (χ3v) is 5.34. The van der Waals surface area contributed by atoms with E-state index in [-0.39, 0.29) is 16.9 Å². The highest BCUT2D eigenvalue weighted by atomic mass is 32.2. The molecule has 6 nitrogen and oxygen atoms in total. The van der Waals surface area contributed by atoms with Gasteiger partial charge in [0.05, 0.1) is 11.0 Å². The molecule has 0 bridgehead atoms. The number of hydroxylamine groups is 1. The van der Waals surface area contributed by atoms with Crippen LogP contribution in [0.3, 0.4) is 0 Å². The van der Waals surface area contributed by atoms with Gasteiger partial charge < -0.3 is 0 Å². The molecule has 1 saturated carbocycles. The van der Waals surface area contributed by atoms with Crippen LogP contribution in [0.5, 0.6) is 0 Å². The quantitative estimate of drug-likeness (QED) is 0.837. The molecule has 1 aromatic rings. The lowest BCUT2D eigenvalue weighted by molar-refractivity contribution is -0.0124. The number of hydrogen-bond acceptors (Lipinski definition) is 4. The van der Waals surface area contributed by atoms with Crippen molar-refractivity contribution in [3.8, 4) is 0 Å². The summed E-state index contributed by atoms with van der Waals surface area (Å²) in [6.45, 7) is 0. The van der Waals surface area contributed by atoms with Gasteiger partial charge in [-0.05, 0) is 37.1 Å². The Balaban J connectivity index is 1.99. The van der Waals surface area contributed by atoms with Gasteiger partial charge in [-0.2, -0.15) is 0 Å². The number of carbonyl (C=O) groups is 1. The molecule has 0 atom stereocenters. The second-order valence-electron chi connectivity index (χ2n) is 5.27. The largest absolute Gasteiger partial charge is 0.274 e. The Morgan fingerprint density at radius 2 is 1.76 bits per heavy atom. The molecule has 21 heavy (non-hydrogen) atoms. The van der Waals surface area contributed by atoms with Crippen molar-refractivity contribution in [1.82, 2.24) is 9.79 Å². The number of nitrogens with zero attached hydrogens (tertiary/aromatic N) is 1. The number of nitrogens with one attached hydrogen (secondary N) is 1. The summed E-state index contributed by atoms with van der Waals surface area (Å²) in [6, 6.07) is 5.78. The third kappa shape index (κ3) is 3.81. The van der Waals surface area contributed by atoms with Crippen LogP contribution in [0.1, 0.15) is 36.0 Å². The zero-order valence-electron chi connectivity index (χ0n) is 12.2. The Hall–Kier alpha value is -1.44. The first kappa shape index (κ1) is 15.9. The van der Waals surface area contributed by atoms with Crippen molar-refractivity contribution >= 4 is 15.9 Å². The molecule has 0 saturated heterocycles. The van der Waals surface area contributed by atoms with E-state index in [1.807, 2.05) is 0 Å². The van der Waals surface area contributed by atoms with Crippen molar-refractivity contribution in [2.75, 3.05) is 14.1 Å². The van der Waals surface area contributed by atoms with Crippen LogP contribution in [0.25, 0.3) is 0 Å². The molecule has 0 unspecified atom stereocenters. The lowest BCUT2D eigenvalue weighted by Gasteiger charge is -2.13. The van der Waals surface area contributed by atoms with Gasteiger partial charge >= 0.3 is 0 Å². The molecule has 0 aliphatic heterocycles. The SMILES string of the molecule is CN(C)S(=O)(=O)c1ccc(C(=O)NOC2CCCC2)cc1. The fraction of sp³-hybridized carbons (Fsp3) is 0.500. The maximum atomic E-state index is 11.9. The van der Waals surface area contributed by atoms with Crippen molar-refractivity contribution in [1.29, 1.82) is 0 Å². The van der Waals surface area contributed by atoms with Gasteiger partial charge in [0.1, 0.15) is 0 Å². The van der Waals surface area contributed by atoms with Gasteiger partial charge in [-0.15, -0.1) is 0 Å². The van der Waals surface area contributed by atoms with E-state index in [4.69, 9.17) is 4.84 Å². The molecule has 116 valence electrons. The number of carbonyl (C=O) groups excluding carboxylic acids is 1. The van der Waals surface area contributed by atoms with Crippen LogP contribution in [-0.4, -0.2) is 38.8 Å². The summed E-state index contributed by atoms with van der Waals surface area (Å²) < 4.78 is 25.0.